The third-order valence-corrected chi connectivity index (χ3v) is 3.15. The van der Waals surface area contributed by atoms with Gasteiger partial charge in [-0.25, -0.2) is 0 Å². The van der Waals surface area contributed by atoms with Crippen LogP contribution in [0, 0.1) is 11.3 Å². The van der Waals surface area contributed by atoms with E-state index in [1.54, 1.807) is 25.7 Å². The first-order chi connectivity index (χ1) is 6.95. The highest BCUT2D eigenvalue weighted by Crippen LogP contribution is 2.21. The van der Waals surface area contributed by atoms with Crippen molar-refractivity contribution in [3.8, 4) is 0 Å². The summed E-state index contributed by atoms with van der Waals surface area (Å²) in [4.78, 5) is 13.7. The fourth-order valence-electron chi connectivity index (χ4n) is 1.95. The molecule has 2 N–H and O–H groups in total. The quantitative estimate of drug-likeness (QED) is 0.686. The van der Waals surface area contributed by atoms with E-state index in [0.717, 1.165) is 19.4 Å². The van der Waals surface area contributed by atoms with Crippen molar-refractivity contribution in [2.45, 2.75) is 45.8 Å². The second-order valence-electron chi connectivity index (χ2n) is 4.40. The standard InChI is InChI=1S/C11H20N2O2/c1-7(9(3)14)11(15)13-6-4-5-10(13)8(2)12/h7,9-10,12,14H,4-6H2,1-3H3. The number of nitrogens with zero attached hydrogens (tertiary/aromatic N) is 1. The smallest absolute Gasteiger partial charge is 0.228 e. The van der Waals surface area contributed by atoms with E-state index < -0.39 is 6.10 Å². The lowest BCUT2D eigenvalue weighted by Crippen LogP contribution is -2.44. The number of carbonyl (C=O) groups is 1. The Bertz CT molecular complexity index is 263. The van der Waals surface area contributed by atoms with Crippen LogP contribution in [0.15, 0.2) is 0 Å². The van der Waals surface area contributed by atoms with Gasteiger partial charge in [0.25, 0.3) is 0 Å². The molecule has 0 spiro atoms. The molecule has 86 valence electrons. The number of hydrogen-bond acceptors (Lipinski definition) is 3. The highest BCUT2D eigenvalue weighted by Gasteiger charge is 2.33. The fraction of sp³-hybridized carbons (Fsp3) is 0.818. The highest BCUT2D eigenvalue weighted by atomic mass is 16.3. The van der Waals surface area contributed by atoms with Crippen LogP contribution < -0.4 is 0 Å². The normalized spacial score (nSPS) is 25.1. The van der Waals surface area contributed by atoms with Gasteiger partial charge < -0.3 is 15.4 Å². The van der Waals surface area contributed by atoms with Gasteiger partial charge in [0.05, 0.1) is 18.1 Å². The van der Waals surface area contributed by atoms with Gasteiger partial charge in [0.2, 0.25) is 5.91 Å². The van der Waals surface area contributed by atoms with Crippen LogP contribution >= 0.6 is 0 Å². The van der Waals surface area contributed by atoms with Crippen molar-refractivity contribution in [2.75, 3.05) is 6.54 Å². The summed E-state index contributed by atoms with van der Waals surface area (Å²) in [6.45, 7) is 5.83. The average Bonchev–Trinajstić information content (AvgIpc) is 2.63. The first-order valence-corrected chi connectivity index (χ1v) is 5.48. The summed E-state index contributed by atoms with van der Waals surface area (Å²) in [6.07, 6.45) is 1.22. The summed E-state index contributed by atoms with van der Waals surface area (Å²) in [7, 11) is 0. The molecule has 4 nitrogen and oxygen atoms in total. The van der Waals surface area contributed by atoms with Crippen LogP contribution in [-0.4, -0.2) is 40.3 Å². The first-order valence-electron chi connectivity index (χ1n) is 5.48. The molecule has 3 atom stereocenters. The first kappa shape index (κ1) is 12.2. The molecule has 1 aliphatic heterocycles. The van der Waals surface area contributed by atoms with Gasteiger partial charge >= 0.3 is 0 Å². The number of carbonyl (C=O) groups excluding carboxylic acids is 1. The molecule has 0 radical (unpaired) electrons. The molecule has 1 saturated heterocycles. The zero-order chi connectivity index (χ0) is 11.6. The molecule has 0 aromatic carbocycles. The van der Waals surface area contributed by atoms with Gasteiger partial charge in [0.1, 0.15) is 0 Å². The number of aliphatic hydroxyl groups is 1. The molecule has 0 bridgehead atoms. The monoisotopic (exact) mass is 212 g/mol. The second kappa shape index (κ2) is 4.75. The van der Waals surface area contributed by atoms with Crippen molar-refractivity contribution in [3.05, 3.63) is 0 Å². The van der Waals surface area contributed by atoms with Crippen molar-refractivity contribution in [3.63, 3.8) is 0 Å². The summed E-state index contributed by atoms with van der Waals surface area (Å²) in [5.41, 5.74) is 0.540. The lowest BCUT2D eigenvalue weighted by Gasteiger charge is -2.28. The molecule has 1 rings (SSSR count). The van der Waals surface area contributed by atoms with Crippen molar-refractivity contribution in [1.82, 2.24) is 4.90 Å². The molecular weight excluding hydrogens is 192 g/mol. The molecule has 1 heterocycles. The van der Waals surface area contributed by atoms with Crippen LogP contribution in [0.4, 0.5) is 0 Å². The van der Waals surface area contributed by atoms with Crippen molar-refractivity contribution in [2.24, 2.45) is 5.92 Å². The SMILES string of the molecule is CC(=N)C1CCCN1C(=O)C(C)C(C)O. The summed E-state index contributed by atoms with van der Waals surface area (Å²) in [5, 5.41) is 17.0. The van der Waals surface area contributed by atoms with E-state index in [2.05, 4.69) is 0 Å². The topological polar surface area (TPSA) is 64.4 Å². The summed E-state index contributed by atoms with van der Waals surface area (Å²) in [6, 6.07) is -0.0429. The van der Waals surface area contributed by atoms with Gasteiger partial charge in [0.15, 0.2) is 0 Å². The Morgan fingerprint density at radius 2 is 2.13 bits per heavy atom. The van der Waals surface area contributed by atoms with E-state index in [1.807, 2.05) is 0 Å². The minimum Gasteiger partial charge on any atom is -0.393 e. The molecular formula is C11H20N2O2. The Morgan fingerprint density at radius 1 is 1.53 bits per heavy atom. The molecule has 1 fully saturated rings. The lowest BCUT2D eigenvalue weighted by atomic mass is 10.0. The molecule has 1 amide bonds. The number of rotatable bonds is 3. The van der Waals surface area contributed by atoms with Gasteiger partial charge in [-0.3, -0.25) is 4.79 Å². The van der Waals surface area contributed by atoms with Gasteiger partial charge in [0, 0.05) is 12.3 Å². The molecule has 4 heteroatoms. The van der Waals surface area contributed by atoms with Crippen LogP contribution in [0.3, 0.4) is 0 Å². The van der Waals surface area contributed by atoms with Crippen LogP contribution in [-0.2, 0) is 4.79 Å². The van der Waals surface area contributed by atoms with Crippen LogP contribution in [0.25, 0.3) is 0 Å². The Balaban J connectivity index is 2.70. The minimum absolute atomic E-state index is 0.0286. The van der Waals surface area contributed by atoms with E-state index in [1.165, 1.54) is 0 Å². The third-order valence-electron chi connectivity index (χ3n) is 3.15. The second-order valence-corrected chi connectivity index (χ2v) is 4.40. The van der Waals surface area contributed by atoms with E-state index in [-0.39, 0.29) is 17.9 Å². The van der Waals surface area contributed by atoms with Crippen LogP contribution in [0.1, 0.15) is 33.6 Å². The van der Waals surface area contributed by atoms with Crippen molar-refractivity contribution in [1.29, 1.82) is 5.41 Å². The Kier molecular flexibility index (Phi) is 3.85. The number of nitrogens with one attached hydrogen (secondary N) is 1. The summed E-state index contributed by atoms with van der Waals surface area (Å²) >= 11 is 0. The van der Waals surface area contributed by atoms with Gasteiger partial charge in [-0.1, -0.05) is 6.92 Å². The van der Waals surface area contributed by atoms with Crippen molar-refractivity contribution >= 4 is 11.6 Å². The zero-order valence-electron chi connectivity index (χ0n) is 9.66. The average molecular weight is 212 g/mol. The maximum Gasteiger partial charge on any atom is 0.228 e. The van der Waals surface area contributed by atoms with Crippen molar-refractivity contribution < 1.29 is 9.90 Å². The Labute approximate surface area is 90.8 Å². The Morgan fingerprint density at radius 3 is 2.60 bits per heavy atom. The number of likely N-dealkylation sites (tertiary alicyclic amines) is 1. The molecule has 1 aliphatic rings. The summed E-state index contributed by atoms with van der Waals surface area (Å²) < 4.78 is 0. The van der Waals surface area contributed by atoms with E-state index in [9.17, 15) is 9.90 Å². The van der Waals surface area contributed by atoms with E-state index >= 15 is 0 Å². The molecule has 0 aromatic heterocycles. The van der Waals surface area contributed by atoms with Gasteiger partial charge in [-0.05, 0) is 26.7 Å². The Hall–Kier alpha value is -0.900. The van der Waals surface area contributed by atoms with Crippen LogP contribution in [0.5, 0.6) is 0 Å². The predicted molar refractivity (Wildman–Crippen MR) is 59.0 cm³/mol. The van der Waals surface area contributed by atoms with E-state index in [0.29, 0.717) is 5.71 Å². The molecule has 15 heavy (non-hydrogen) atoms. The number of amides is 1. The maximum atomic E-state index is 12.0. The van der Waals surface area contributed by atoms with Gasteiger partial charge in [-0.2, -0.15) is 0 Å². The largest absolute Gasteiger partial charge is 0.393 e. The lowest BCUT2D eigenvalue weighted by molar-refractivity contribution is -0.137. The molecule has 3 unspecified atom stereocenters. The highest BCUT2D eigenvalue weighted by molar-refractivity contribution is 5.90. The third kappa shape index (κ3) is 2.56. The number of aliphatic hydroxyl groups excluding tert-OH is 1. The van der Waals surface area contributed by atoms with E-state index in [4.69, 9.17) is 5.41 Å². The molecule has 0 aliphatic carbocycles. The number of hydrogen-bond donors (Lipinski definition) is 2. The van der Waals surface area contributed by atoms with Gasteiger partial charge in [-0.15, -0.1) is 0 Å². The molecule has 0 aromatic rings. The summed E-state index contributed by atoms with van der Waals surface area (Å²) in [5.74, 6) is -0.399. The fourth-order valence-corrected chi connectivity index (χ4v) is 1.95. The maximum absolute atomic E-state index is 12.0. The minimum atomic E-state index is -0.621. The van der Waals surface area contributed by atoms with Crippen LogP contribution in [0.2, 0.25) is 0 Å². The zero-order valence-corrected chi connectivity index (χ0v) is 9.66. The predicted octanol–water partition coefficient (Wildman–Crippen LogP) is 1.03. The molecule has 0 saturated carbocycles.